The summed E-state index contributed by atoms with van der Waals surface area (Å²) >= 11 is 1.82. The summed E-state index contributed by atoms with van der Waals surface area (Å²) in [4.78, 5) is 10.5. The lowest BCUT2D eigenvalue weighted by molar-refractivity contribution is 1.23. The van der Waals surface area contributed by atoms with Crippen molar-refractivity contribution in [3.63, 3.8) is 0 Å². The van der Waals surface area contributed by atoms with Crippen molar-refractivity contribution in [1.82, 2.24) is 9.97 Å². The van der Waals surface area contributed by atoms with Crippen molar-refractivity contribution in [2.45, 2.75) is 0 Å². The Morgan fingerprint density at radius 1 is 0.340 bits per heavy atom. The molecule has 220 valence electrons. The van der Waals surface area contributed by atoms with E-state index in [1.807, 2.05) is 17.4 Å². The Balaban J connectivity index is 1.16. The van der Waals surface area contributed by atoms with Gasteiger partial charge in [-0.1, -0.05) is 140 Å². The summed E-state index contributed by atoms with van der Waals surface area (Å²) in [7, 11) is 0. The molecule has 0 aliphatic rings. The Bertz CT molecular complexity index is 2550. The van der Waals surface area contributed by atoms with Crippen molar-refractivity contribution in [3.05, 3.63) is 170 Å². The van der Waals surface area contributed by atoms with Crippen LogP contribution in [-0.2, 0) is 0 Å². The van der Waals surface area contributed by atoms with Gasteiger partial charge in [0.25, 0.3) is 0 Å². The molecule has 2 nitrogen and oxygen atoms in total. The average molecular weight is 617 g/mol. The van der Waals surface area contributed by atoms with Crippen LogP contribution in [0.5, 0.6) is 0 Å². The zero-order valence-electron chi connectivity index (χ0n) is 25.5. The minimum atomic E-state index is 0.730. The highest BCUT2D eigenvalue weighted by molar-refractivity contribution is 7.26. The number of thiophene rings is 1. The van der Waals surface area contributed by atoms with Crippen LogP contribution in [0.1, 0.15) is 0 Å². The number of benzene rings is 7. The van der Waals surface area contributed by atoms with Gasteiger partial charge in [-0.25, -0.2) is 9.97 Å². The maximum Gasteiger partial charge on any atom is 0.160 e. The Kier molecular flexibility index (Phi) is 6.69. The third kappa shape index (κ3) is 4.98. The summed E-state index contributed by atoms with van der Waals surface area (Å²) in [5, 5.41) is 3.51. The Morgan fingerprint density at radius 2 is 0.872 bits per heavy atom. The fourth-order valence-electron chi connectivity index (χ4n) is 6.55. The predicted octanol–water partition coefficient (Wildman–Crippen LogP) is 12.3. The van der Waals surface area contributed by atoms with Crippen molar-refractivity contribution >= 4 is 42.4 Å². The van der Waals surface area contributed by atoms with E-state index in [0.29, 0.717) is 0 Å². The monoisotopic (exact) mass is 616 g/mol. The van der Waals surface area contributed by atoms with Crippen LogP contribution in [0.4, 0.5) is 0 Å². The van der Waals surface area contributed by atoms with E-state index in [1.165, 1.54) is 42.4 Å². The van der Waals surface area contributed by atoms with Crippen LogP contribution in [-0.4, -0.2) is 9.97 Å². The minimum absolute atomic E-state index is 0.730. The van der Waals surface area contributed by atoms with Crippen molar-refractivity contribution in [3.8, 4) is 56.0 Å². The molecule has 0 saturated heterocycles. The normalized spacial score (nSPS) is 11.4. The van der Waals surface area contributed by atoms with Crippen LogP contribution in [0.3, 0.4) is 0 Å². The van der Waals surface area contributed by atoms with Gasteiger partial charge >= 0.3 is 0 Å². The summed E-state index contributed by atoms with van der Waals surface area (Å²) in [6, 6.07) is 60.2. The van der Waals surface area contributed by atoms with Crippen molar-refractivity contribution < 1.29 is 0 Å². The van der Waals surface area contributed by atoms with Gasteiger partial charge in [-0.2, -0.15) is 0 Å². The van der Waals surface area contributed by atoms with Crippen LogP contribution in [0.15, 0.2) is 170 Å². The van der Waals surface area contributed by atoms with E-state index in [0.717, 1.165) is 44.7 Å². The Labute approximate surface area is 277 Å². The van der Waals surface area contributed by atoms with Crippen LogP contribution in [0.25, 0.3) is 87.1 Å². The molecule has 2 aromatic heterocycles. The number of aromatic nitrogens is 2. The molecule has 0 radical (unpaired) electrons. The standard InChI is InChI=1S/C44H28N2S/c1-3-11-29(12-4-1)30-21-23-31(24-22-30)33-15-9-16-34(27-33)35-17-10-18-36(28-35)44-45-42(32-13-5-2-6-14-32)38-25-26-40-41(43(38)46-44)37-19-7-8-20-39(37)47-40/h1-28H. The molecule has 7 aromatic carbocycles. The molecule has 2 heterocycles. The van der Waals surface area contributed by atoms with E-state index >= 15 is 0 Å². The Hall–Kier alpha value is -5.90. The molecule has 0 aliphatic heterocycles. The average Bonchev–Trinajstić information content (AvgIpc) is 3.55. The summed E-state index contributed by atoms with van der Waals surface area (Å²) < 4.78 is 2.51. The molecule has 0 bridgehead atoms. The van der Waals surface area contributed by atoms with Crippen molar-refractivity contribution in [1.29, 1.82) is 0 Å². The summed E-state index contributed by atoms with van der Waals surface area (Å²) in [6.45, 7) is 0. The second-order valence-electron chi connectivity index (χ2n) is 11.8. The zero-order chi connectivity index (χ0) is 31.2. The summed E-state index contributed by atoms with van der Waals surface area (Å²) in [6.07, 6.45) is 0. The molecule has 9 aromatic rings. The minimum Gasteiger partial charge on any atom is -0.227 e. The van der Waals surface area contributed by atoms with Gasteiger partial charge in [0, 0.05) is 36.7 Å². The van der Waals surface area contributed by atoms with E-state index in [1.54, 1.807) is 0 Å². The number of rotatable bonds is 5. The van der Waals surface area contributed by atoms with Crippen LogP contribution < -0.4 is 0 Å². The molecule has 0 atom stereocenters. The van der Waals surface area contributed by atoms with Crippen LogP contribution in [0, 0.1) is 0 Å². The largest absolute Gasteiger partial charge is 0.227 e. The van der Waals surface area contributed by atoms with Gasteiger partial charge in [0.05, 0.1) is 11.2 Å². The van der Waals surface area contributed by atoms with Gasteiger partial charge in [0.1, 0.15) is 0 Å². The van der Waals surface area contributed by atoms with E-state index in [4.69, 9.17) is 9.97 Å². The smallest absolute Gasteiger partial charge is 0.160 e. The van der Waals surface area contributed by atoms with E-state index in [9.17, 15) is 0 Å². The third-order valence-corrected chi connectivity index (χ3v) is 10.0. The molecule has 0 saturated carbocycles. The molecule has 0 aliphatic carbocycles. The van der Waals surface area contributed by atoms with Gasteiger partial charge < -0.3 is 0 Å². The lowest BCUT2D eigenvalue weighted by atomic mass is 9.96. The molecule has 47 heavy (non-hydrogen) atoms. The highest BCUT2D eigenvalue weighted by atomic mass is 32.1. The number of nitrogens with zero attached hydrogens (tertiary/aromatic N) is 2. The molecule has 0 unspecified atom stereocenters. The van der Waals surface area contributed by atoms with Gasteiger partial charge in [-0.15, -0.1) is 11.3 Å². The highest BCUT2D eigenvalue weighted by Crippen LogP contribution is 2.41. The molecule has 0 N–H and O–H groups in total. The first-order valence-corrected chi connectivity index (χ1v) is 16.6. The fraction of sp³-hybridized carbons (Fsp3) is 0. The number of hydrogen-bond acceptors (Lipinski definition) is 3. The summed E-state index contributed by atoms with van der Waals surface area (Å²) in [5.74, 6) is 0.730. The van der Waals surface area contributed by atoms with Crippen LogP contribution in [0.2, 0.25) is 0 Å². The Morgan fingerprint density at radius 3 is 1.60 bits per heavy atom. The lowest BCUT2D eigenvalue weighted by Crippen LogP contribution is -1.96. The quantitative estimate of drug-likeness (QED) is 0.192. The van der Waals surface area contributed by atoms with Gasteiger partial charge in [0.2, 0.25) is 0 Å². The second-order valence-corrected chi connectivity index (χ2v) is 12.9. The first-order chi connectivity index (χ1) is 23.3. The topological polar surface area (TPSA) is 25.8 Å². The predicted molar refractivity (Wildman–Crippen MR) is 200 cm³/mol. The zero-order valence-corrected chi connectivity index (χ0v) is 26.3. The van der Waals surface area contributed by atoms with Gasteiger partial charge in [-0.3, -0.25) is 0 Å². The lowest BCUT2D eigenvalue weighted by Gasteiger charge is -2.12. The molecular formula is C44H28N2S. The fourth-order valence-corrected chi connectivity index (χ4v) is 7.66. The molecular weight excluding hydrogens is 589 g/mol. The van der Waals surface area contributed by atoms with Gasteiger partial charge in [0.15, 0.2) is 5.82 Å². The maximum absolute atomic E-state index is 5.31. The molecule has 0 amide bonds. The van der Waals surface area contributed by atoms with E-state index < -0.39 is 0 Å². The highest BCUT2D eigenvalue weighted by Gasteiger charge is 2.17. The van der Waals surface area contributed by atoms with Gasteiger partial charge in [-0.05, 0) is 63.7 Å². The molecule has 3 heteroatoms. The molecule has 9 rings (SSSR count). The van der Waals surface area contributed by atoms with E-state index in [-0.39, 0.29) is 0 Å². The maximum atomic E-state index is 5.31. The number of fused-ring (bicyclic) bond motifs is 5. The van der Waals surface area contributed by atoms with E-state index in [2.05, 4.69) is 164 Å². The second kappa shape index (κ2) is 11.5. The first-order valence-electron chi connectivity index (χ1n) is 15.8. The molecule has 0 fully saturated rings. The third-order valence-electron chi connectivity index (χ3n) is 8.90. The summed E-state index contributed by atoms with van der Waals surface area (Å²) in [5.41, 5.74) is 11.1. The van der Waals surface area contributed by atoms with Crippen LogP contribution >= 0.6 is 11.3 Å². The van der Waals surface area contributed by atoms with Crippen molar-refractivity contribution in [2.75, 3.05) is 0 Å². The number of hydrogen-bond donors (Lipinski definition) is 0. The first kappa shape index (κ1) is 27.4. The SMILES string of the molecule is c1ccc(-c2ccc(-c3cccc(-c4cccc(-c5nc(-c6ccccc6)c6ccc7sc8ccccc8c7c6n5)c4)c3)cc2)cc1. The van der Waals surface area contributed by atoms with Crippen molar-refractivity contribution in [2.24, 2.45) is 0 Å². The molecule has 0 spiro atoms.